The minimum absolute atomic E-state index is 0.0275. The van der Waals surface area contributed by atoms with Gasteiger partial charge in [0.05, 0.1) is 0 Å². The standard InChI is InChI=1S/C17H27N3O3S/c1-14(15-7-5-4-6-8-15)13-18-17(21)16-9-11-20(12-10-16)24(22,23)19(2)3/h4-8,14,16H,9-13H2,1-3H3,(H,18,21)/t14-/m0/s1. The van der Waals surface area contributed by atoms with Gasteiger partial charge in [0.25, 0.3) is 10.2 Å². The topological polar surface area (TPSA) is 69.7 Å². The lowest BCUT2D eigenvalue weighted by molar-refractivity contribution is -0.126. The van der Waals surface area contributed by atoms with Crippen LogP contribution in [0.4, 0.5) is 0 Å². The molecule has 1 aliphatic heterocycles. The molecule has 1 heterocycles. The number of nitrogens with zero attached hydrogens (tertiary/aromatic N) is 2. The predicted octanol–water partition coefficient (Wildman–Crippen LogP) is 1.42. The molecule has 0 saturated carbocycles. The van der Waals surface area contributed by atoms with E-state index in [-0.39, 0.29) is 17.7 Å². The van der Waals surface area contributed by atoms with Gasteiger partial charge in [0.1, 0.15) is 0 Å². The van der Waals surface area contributed by atoms with Gasteiger partial charge in [-0.15, -0.1) is 0 Å². The lowest BCUT2D eigenvalue weighted by atomic mass is 9.96. The maximum Gasteiger partial charge on any atom is 0.281 e. The number of piperidine rings is 1. The van der Waals surface area contributed by atoms with Crippen molar-refractivity contribution in [1.82, 2.24) is 13.9 Å². The number of hydrogen-bond donors (Lipinski definition) is 1. The van der Waals surface area contributed by atoms with Crippen LogP contribution in [0.25, 0.3) is 0 Å². The summed E-state index contributed by atoms with van der Waals surface area (Å²) < 4.78 is 26.8. The Kier molecular flexibility index (Phi) is 6.37. The first kappa shape index (κ1) is 18.9. The van der Waals surface area contributed by atoms with Gasteiger partial charge < -0.3 is 5.32 Å². The van der Waals surface area contributed by atoms with Crippen LogP contribution in [0.15, 0.2) is 30.3 Å². The van der Waals surface area contributed by atoms with Gasteiger partial charge in [-0.05, 0) is 24.3 Å². The summed E-state index contributed by atoms with van der Waals surface area (Å²) in [4.78, 5) is 12.3. The molecule has 1 aliphatic rings. The van der Waals surface area contributed by atoms with E-state index in [1.165, 1.54) is 28.3 Å². The zero-order chi connectivity index (χ0) is 17.7. The van der Waals surface area contributed by atoms with Crippen LogP contribution in [0, 0.1) is 5.92 Å². The van der Waals surface area contributed by atoms with E-state index in [2.05, 4.69) is 24.4 Å². The van der Waals surface area contributed by atoms with E-state index in [1.807, 2.05) is 18.2 Å². The van der Waals surface area contributed by atoms with Gasteiger partial charge >= 0.3 is 0 Å². The van der Waals surface area contributed by atoms with Crippen molar-refractivity contribution in [3.63, 3.8) is 0 Å². The molecule has 0 aliphatic carbocycles. The number of hydrogen-bond acceptors (Lipinski definition) is 3. The minimum atomic E-state index is -3.38. The summed E-state index contributed by atoms with van der Waals surface area (Å²) in [6.07, 6.45) is 1.14. The second-order valence-electron chi connectivity index (χ2n) is 6.52. The van der Waals surface area contributed by atoms with Gasteiger partial charge in [0.15, 0.2) is 0 Å². The summed E-state index contributed by atoms with van der Waals surface area (Å²) in [5.74, 6) is 0.172. The van der Waals surface area contributed by atoms with Crippen molar-refractivity contribution >= 4 is 16.1 Å². The summed E-state index contributed by atoms with van der Waals surface area (Å²) in [7, 11) is -0.322. The Labute approximate surface area is 145 Å². The van der Waals surface area contributed by atoms with Crippen molar-refractivity contribution in [1.29, 1.82) is 0 Å². The molecule has 7 heteroatoms. The number of nitrogens with one attached hydrogen (secondary N) is 1. The first-order valence-electron chi connectivity index (χ1n) is 8.32. The quantitative estimate of drug-likeness (QED) is 0.841. The van der Waals surface area contributed by atoms with E-state index < -0.39 is 10.2 Å². The fraction of sp³-hybridized carbons (Fsp3) is 0.588. The summed E-state index contributed by atoms with van der Waals surface area (Å²) in [5, 5.41) is 3.01. The highest BCUT2D eigenvalue weighted by molar-refractivity contribution is 7.86. The Morgan fingerprint density at radius 2 is 1.83 bits per heavy atom. The van der Waals surface area contributed by atoms with Crippen molar-refractivity contribution < 1.29 is 13.2 Å². The summed E-state index contributed by atoms with van der Waals surface area (Å²) in [6, 6.07) is 10.1. The average Bonchev–Trinajstić information content (AvgIpc) is 2.60. The summed E-state index contributed by atoms with van der Waals surface area (Å²) in [6.45, 7) is 3.47. The fourth-order valence-corrected chi connectivity index (χ4v) is 4.01. The van der Waals surface area contributed by atoms with Crippen LogP contribution >= 0.6 is 0 Å². The number of benzene rings is 1. The molecule has 134 valence electrons. The van der Waals surface area contributed by atoms with Crippen molar-refractivity contribution in [3.05, 3.63) is 35.9 Å². The second-order valence-corrected chi connectivity index (χ2v) is 8.66. The molecule has 1 aromatic carbocycles. The Hall–Kier alpha value is -1.44. The van der Waals surface area contributed by atoms with Crippen LogP contribution in [0.2, 0.25) is 0 Å². The van der Waals surface area contributed by atoms with Crippen molar-refractivity contribution in [2.45, 2.75) is 25.7 Å². The van der Waals surface area contributed by atoms with Gasteiger partial charge in [0, 0.05) is 39.6 Å². The Balaban J connectivity index is 1.81. The summed E-state index contributed by atoms with van der Waals surface area (Å²) in [5.41, 5.74) is 1.20. The monoisotopic (exact) mass is 353 g/mol. The molecule has 1 atom stereocenters. The molecule has 0 spiro atoms. The molecule has 6 nitrogen and oxygen atoms in total. The SMILES string of the molecule is C[C@@H](CNC(=O)C1CCN(S(=O)(=O)N(C)C)CC1)c1ccccc1. The normalized spacial score (nSPS) is 18.5. The van der Waals surface area contributed by atoms with E-state index in [4.69, 9.17) is 0 Å². The highest BCUT2D eigenvalue weighted by Crippen LogP contribution is 2.21. The third kappa shape index (κ3) is 4.55. The predicted molar refractivity (Wildman–Crippen MR) is 94.8 cm³/mol. The molecule has 1 aromatic rings. The molecule has 1 saturated heterocycles. The fourth-order valence-electron chi connectivity index (χ4n) is 2.88. The molecule has 0 unspecified atom stereocenters. The van der Waals surface area contributed by atoms with Crippen molar-refractivity contribution in [3.8, 4) is 0 Å². The maximum absolute atomic E-state index is 12.3. The molecular formula is C17H27N3O3S. The average molecular weight is 353 g/mol. The smallest absolute Gasteiger partial charge is 0.281 e. The number of carbonyl (C=O) groups excluding carboxylic acids is 1. The number of carbonyl (C=O) groups is 1. The van der Waals surface area contributed by atoms with E-state index in [1.54, 1.807) is 0 Å². The first-order chi connectivity index (χ1) is 11.3. The summed E-state index contributed by atoms with van der Waals surface area (Å²) >= 11 is 0. The lowest BCUT2D eigenvalue weighted by Gasteiger charge is -2.32. The zero-order valence-electron chi connectivity index (χ0n) is 14.6. The van der Waals surface area contributed by atoms with Gasteiger partial charge in [-0.1, -0.05) is 37.3 Å². The highest BCUT2D eigenvalue weighted by Gasteiger charge is 2.32. The van der Waals surface area contributed by atoms with Gasteiger partial charge in [0.2, 0.25) is 5.91 Å². The van der Waals surface area contributed by atoms with Crippen LogP contribution in [0.3, 0.4) is 0 Å². The largest absolute Gasteiger partial charge is 0.355 e. The van der Waals surface area contributed by atoms with Crippen molar-refractivity contribution in [2.75, 3.05) is 33.7 Å². The third-order valence-electron chi connectivity index (χ3n) is 4.56. The number of rotatable bonds is 6. The molecule has 24 heavy (non-hydrogen) atoms. The highest BCUT2D eigenvalue weighted by atomic mass is 32.2. The Morgan fingerprint density at radius 1 is 1.25 bits per heavy atom. The lowest BCUT2D eigenvalue weighted by Crippen LogP contribution is -2.47. The Morgan fingerprint density at radius 3 is 2.38 bits per heavy atom. The van der Waals surface area contributed by atoms with Crippen LogP contribution in [-0.2, 0) is 15.0 Å². The third-order valence-corrected chi connectivity index (χ3v) is 6.50. The van der Waals surface area contributed by atoms with Gasteiger partial charge in [-0.25, -0.2) is 0 Å². The molecule has 1 N–H and O–H groups in total. The molecular weight excluding hydrogens is 326 g/mol. The molecule has 0 aromatic heterocycles. The van der Waals surface area contributed by atoms with E-state index in [0.717, 1.165) is 0 Å². The molecule has 0 radical (unpaired) electrons. The van der Waals surface area contributed by atoms with Gasteiger partial charge in [-0.2, -0.15) is 17.0 Å². The molecule has 2 rings (SSSR count). The number of amides is 1. The van der Waals surface area contributed by atoms with E-state index in [9.17, 15) is 13.2 Å². The minimum Gasteiger partial charge on any atom is -0.355 e. The van der Waals surface area contributed by atoms with E-state index >= 15 is 0 Å². The van der Waals surface area contributed by atoms with Crippen LogP contribution < -0.4 is 5.32 Å². The first-order valence-corrected chi connectivity index (χ1v) is 9.72. The molecule has 1 fully saturated rings. The maximum atomic E-state index is 12.3. The molecule has 1 amide bonds. The van der Waals surface area contributed by atoms with Crippen LogP contribution in [-0.4, -0.2) is 56.7 Å². The van der Waals surface area contributed by atoms with Gasteiger partial charge in [-0.3, -0.25) is 4.79 Å². The van der Waals surface area contributed by atoms with E-state index in [0.29, 0.717) is 32.5 Å². The Bertz CT molecular complexity index is 638. The van der Waals surface area contributed by atoms with Crippen molar-refractivity contribution in [2.24, 2.45) is 5.92 Å². The van der Waals surface area contributed by atoms with Crippen LogP contribution in [0.1, 0.15) is 31.2 Å². The molecule has 0 bridgehead atoms. The van der Waals surface area contributed by atoms with Crippen LogP contribution in [0.5, 0.6) is 0 Å². The zero-order valence-corrected chi connectivity index (χ0v) is 15.4. The second kappa shape index (κ2) is 8.09.